The molecule has 78 valence electrons. The minimum absolute atomic E-state index is 0.631. The summed E-state index contributed by atoms with van der Waals surface area (Å²) in [4.78, 5) is 0. The maximum atomic E-state index is 2.36. The Morgan fingerprint density at radius 2 is 1.00 bits per heavy atom. The molecule has 0 unspecified atom stereocenters. The van der Waals surface area contributed by atoms with Crippen LogP contribution < -0.4 is 0 Å². The molecule has 0 aliphatic carbocycles. The third-order valence-electron chi connectivity index (χ3n) is 2.94. The minimum atomic E-state index is 0.631. The predicted molar refractivity (Wildman–Crippen MR) is 64.1 cm³/mol. The van der Waals surface area contributed by atoms with Crippen molar-refractivity contribution < 1.29 is 0 Å². The van der Waals surface area contributed by atoms with Crippen molar-refractivity contribution in [1.82, 2.24) is 0 Å². The van der Waals surface area contributed by atoms with Crippen molar-refractivity contribution in [3.05, 3.63) is 34.4 Å². The van der Waals surface area contributed by atoms with Gasteiger partial charge < -0.3 is 0 Å². The fraction of sp³-hybridized carbons (Fsp3) is 0.571. The molecule has 0 saturated carbocycles. The molecule has 1 aromatic rings. The lowest BCUT2D eigenvalue weighted by Gasteiger charge is -2.18. The van der Waals surface area contributed by atoms with E-state index in [2.05, 4.69) is 53.7 Å². The summed E-state index contributed by atoms with van der Waals surface area (Å²) in [7, 11) is 0. The molecule has 0 heterocycles. The zero-order valence-corrected chi connectivity index (χ0v) is 10.3. The summed E-state index contributed by atoms with van der Waals surface area (Å²) in [5.41, 5.74) is 5.86. The Labute approximate surface area is 88.4 Å². The molecule has 1 rings (SSSR count). The first-order valence-corrected chi connectivity index (χ1v) is 5.54. The third-order valence-corrected chi connectivity index (χ3v) is 2.94. The van der Waals surface area contributed by atoms with Crippen LogP contribution in [0.15, 0.2) is 12.1 Å². The van der Waals surface area contributed by atoms with Gasteiger partial charge in [-0.05, 0) is 47.9 Å². The van der Waals surface area contributed by atoms with E-state index in [9.17, 15) is 0 Å². The van der Waals surface area contributed by atoms with Gasteiger partial charge in [0.05, 0.1) is 0 Å². The van der Waals surface area contributed by atoms with Gasteiger partial charge in [0.2, 0.25) is 0 Å². The maximum absolute atomic E-state index is 2.36. The molecule has 0 N–H and O–H groups in total. The van der Waals surface area contributed by atoms with E-state index in [-0.39, 0.29) is 0 Å². The van der Waals surface area contributed by atoms with Crippen LogP contribution in [0.4, 0.5) is 0 Å². The van der Waals surface area contributed by atoms with Crippen LogP contribution in [0.1, 0.15) is 61.8 Å². The second-order valence-corrected chi connectivity index (χ2v) is 4.87. The lowest BCUT2D eigenvalue weighted by molar-refractivity contribution is 0.787. The van der Waals surface area contributed by atoms with E-state index in [1.54, 1.807) is 0 Å². The molecule has 0 spiro atoms. The number of aryl methyl sites for hydroxylation is 2. The maximum Gasteiger partial charge on any atom is -0.0216 e. The summed E-state index contributed by atoms with van der Waals surface area (Å²) in [5, 5.41) is 0. The average Bonchev–Trinajstić information content (AvgIpc) is 2.08. The van der Waals surface area contributed by atoms with Gasteiger partial charge in [0.15, 0.2) is 0 Å². The van der Waals surface area contributed by atoms with Crippen LogP contribution in [-0.4, -0.2) is 0 Å². The Balaban J connectivity index is 3.31. The van der Waals surface area contributed by atoms with Gasteiger partial charge >= 0.3 is 0 Å². The molecule has 0 heteroatoms. The van der Waals surface area contributed by atoms with E-state index in [0.29, 0.717) is 11.8 Å². The highest BCUT2D eigenvalue weighted by molar-refractivity contribution is 5.40. The van der Waals surface area contributed by atoms with Gasteiger partial charge in [0, 0.05) is 0 Å². The molecule has 14 heavy (non-hydrogen) atoms. The molecular formula is C14H22. The Kier molecular flexibility index (Phi) is 3.36. The summed E-state index contributed by atoms with van der Waals surface area (Å²) in [6.45, 7) is 13.5. The fourth-order valence-electron chi connectivity index (χ4n) is 1.86. The van der Waals surface area contributed by atoms with Crippen molar-refractivity contribution in [2.24, 2.45) is 0 Å². The standard InChI is InChI=1S/C14H22/c1-9(2)13-7-11(5)12(6)8-14(13)10(3)4/h7-10H,1-6H3. The molecule has 0 amide bonds. The second kappa shape index (κ2) is 4.16. The number of hydrogen-bond donors (Lipinski definition) is 0. The molecule has 0 radical (unpaired) electrons. The summed E-state index contributed by atoms with van der Waals surface area (Å²) in [6.07, 6.45) is 0. The Bertz CT molecular complexity index is 286. The van der Waals surface area contributed by atoms with Crippen molar-refractivity contribution in [2.75, 3.05) is 0 Å². The van der Waals surface area contributed by atoms with Gasteiger partial charge in [-0.2, -0.15) is 0 Å². The van der Waals surface area contributed by atoms with Crippen molar-refractivity contribution in [3.8, 4) is 0 Å². The second-order valence-electron chi connectivity index (χ2n) is 4.87. The summed E-state index contributed by atoms with van der Waals surface area (Å²) in [6, 6.07) is 4.71. The van der Waals surface area contributed by atoms with Crippen LogP contribution in [-0.2, 0) is 0 Å². The average molecular weight is 190 g/mol. The minimum Gasteiger partial charge on any atom is -0.0587 e. The Hall–Kier alpha value is -0.780. The SMILES string of the molecule is Cc1cc(C(C)C)c(C(C)C)cc1C. The van der Waals surface area contributed by atoms with Crippen molar-refractivity contribution >= 4 is 0 Å². The Morgan fingerprint density at radius 1 is 0.714 bits per heavy atom. The lowest BCUT2D eigenvalue weighted by atomic mass is 9.87. The lowest BCUT2D eigenvalue weighted by Crippen LogP contribution is -2.00. The first-order valence-electron chi connectivity index (χ1n) is 5.54. The predicted octanol–water partition coefficient (Wildman–Crippen LogP) is 4.55. The molecule has 0 saturated heterocycles. The Morgan fingerprint density at radius 3 is 1.21 bits per heavy atom. The van der Waals surface area contributed by atoms with E-state index < -0.39 is 0 Å². The van der Waals surface area contributed by atoms with Crippen molar-refractivity contribution in [2.45, 2.75) is 53.4 Å². The van der Waals surface area contributed by atoms with E-state index in [1.807, 2.05) is 0 Å². The van der Waals surface area contributed by atoms with E-state index in [0.717, 1.165) is 0 Å². The van der Waals surface area contributed by atoms with Crippen LogP contribution >= 0.6 is 0 Å². The molecule has 0 nitrogen and oxygen atoms in total. The van der Waals surface area contributed by atoms with E-state index in [4.69, 9.17) is 0 Å². The van der Waals surface area contributed by atoms with Crippen molar-refractivity contribution in [3.63, 3.8) is 0 Å². The topological polar surface area (TPSA) is 0 Å². The number of hydrogen-bond acceptors (Lipinski definition) is 0. The van der Waals surface area contributed by atoms with E-state index >= 15 is 0 Å². The highest BCUT2D eigenvalue weighted by atomic mass is 14.2. The molecule has 0 aliphatic heterocycles. The van der Waals surface area contributed by atoms with Crippen LogP contribution in [0, 0.1) is 13.8 Å². The highest BCUT2D eigenvalue weighted by Crippen LogP contribution is 2.28. The quantitative estimate of drug-likeness (QED) is 0.641. The monoisotopic (exact) mass is 190 g/mol. The smallest absolute Gasteiger partial charge is 0.0216 e. The van der Waals surface area contributed by atoms with Crippen molar-refractivity contribution in [1.29, 1.82) is 0 Å². The van der Waals surface area contributed by atoms with Crippen LogP contribution in [0.5, 0.6) is 0 Å². The largest absolute Gasteiger partial charge is 0.0587 e. The van der Waals surface area contributed by atoms with Gasteiger partial charge in [-0.1, -0.05) is 39.8 Å². The summed E-state index contributed by atoms with van der Waals surface area (Å²) >= 11 is 0. The van der Waals surface area contributed by atoms with Gasteiger partial charge in [0.25, 0.3) is 0 Å². The highest BCUT2D eigenvalue weighted by Gasteiger charge is 2.11. The third kappa shape index (κ3) is 2.17. The normalized spacial score (nSPS) is 11.4. The molecular weight excluding hydrogens is 168 g/mol. The van der Waals surface area contributed by atoms with Crippen LogP contribution in [0.25, 0.3) is 0 Å². The fourth-order valence-corrected chi connectivity index (χ4v) is 1.86. The summed E-state index contributed by atoms with van der Waals surface area (Å²) in [5.74, 6) is 1.26. The van der Waals surface area contributed by atoms with E-state index in [1.165, 1.54) is 22.3 Å². The number of benzene rings is 1. The van der Waals surface area contributed by atoms with Gasteiger partial charge in [-0.25, -0.2) is 0 Å². The molecule has 0 fully saturated rings. The first-order chi connectivity index (χ1) is 6.43. The number of rotatable bonds is 2. The zero-order valence-electron chi connectivity index (χ0n) is 10.3. The molecule has 1 aromatic carbocycles. The van der Waals surface area contributed by atoms with Gasteiger partial charge in [-0.15, -0.1) is 0 Å². The first kappa shape index (κ1) is 11.3. The van der Waals surface area contributed by atoms with Gasteiger partial charge in [0.1, 0.15) is 0 Å². The molecule has 0 bridgehead atoms. The zero-order chi connectivity index (χ0) is 10.9. The van der Waals surface area contributed by atoms with Crippen LogP contribution in [0.3, 0.4) is 0 Å². The summed E-state index contributed by atoms with van der Waals surface area (Å²) < 4.78 is 0. The molecule has 0 aliphatic rings. The molecule has 0 aromatic heterocycles. The van der Waals surface area contributed by atoms with Crippen LogP contribution in [0.2, 0.25) is 0 Å². The molecule has 0 atom stereocenters. The van der Waals surface area contributed by atoms with Gasteiger partial charge in [-0.3, -0.25) is 0 Å².